The van der Waals surface area contributed by atoms with Crippen molar-refractivity contribution in [1.29, 1.82) is 0 Å². The molecule has 0 fully saturated rings. The van der Waals surface area contributed by atoms with Gasteiger partial charge in [-0.2, -0.15) is 0 Å². The summed E-state index contributed by atoms with van der Waals surface area (Å²) in [5.74, 6) is 6.19. The van der Waals surface area contributed by atoms with Crippen molar-refractivity contribution in [3.63, 3.8) is 0 Å². The first-order valence-corrected chi connectivity index (χ1v) is 7.98. The molecule has 0 bridgehead atoms. The molecule has 5 nitrogen and oxygen atoms in total. The Balaban J connectivity index is 1.76. The maximum absolute atomic E-state index is 13.7. The fourth-order valence-electron chi connectivity index (χ4n) is 2.15. The van der Waals surface area contributed by atoms with E-state index in [-0.39, 0.29) is 11.6 Å². The van der Waals surface area contributed by atoms with E-state index in [0.717, 1.165) is 5.56 Å². The molecule has 2 N–H and O–H groups in total. The number of methoxy groups -OCH3 is 1. The van der Waals surface area contributed by atoms with Crippen molar-refractivity contribution in [3.8, 4) is 17.1 Å². The van der Waals surface area contributed by atoms with Crippen LogP contribution in [0.15, 0.2) is 47.6 Å². The van der Waals surface area contributed by atoms with Crippen molar-refractivity contribution in [1.82, 2.24) is 14.9 Å². The van der Waals surface area contributed by atoms with Crippen LogP contribution in [-0.4, -0.2) is 22.0 Å². The lowest BCUT2D eigenvalue weighted by Crippen LogP contribution is -2.11. The Morgan fingerprint density at radius 1 is 1.17 bits per heavy atom. The quantitative estimate of drug-likeness (QED) is 0.566. The second kappa shape index (κ2) is 6.88. The number of ether oxygens (including phenoxy) is 1. The van der Waals surface area contributed by atoms with Crippen LogP contribution < -0.4 is 10.6 Å². The number of hydrogen-bond donors (Lipinski definition) is 1. The lowest BCUT2D eigenvalue weighted by Gasteiger charge is -2.06. The van der Waals surface area contributed by atoms with Crippen molar-refractivity contribution >= 4 is 11.8 Å². The topological polar surface area (TPSA) is 66.0 Å². The van der Waals surface area contributed by atoms with Crippen LogP contribution in [-0.2, 0) is 5.75 Å². The van der Waals surface area contributed by atoms with Crippen molar-refractivity contribution in [3.05, 3.63) is 59.7 Å². The average molecular weight is 348 g/mol. The van der Waals surface area contributed by atoms with Crippen molar-refractivity contribution in [2.24, 2.45) is 0 Å². The smallest absolute Gasteiger partial charge is 0.210 e. The Morgan fingerprint density at radius 2 is 2.00 bits per heavy atom. The highest BCUT2D eigenvalue weighted by atomic mass is 32.2. The van der Waals surface area contributed by atoms with Crippen molar-refractivity contribution in [2.45, 2.75) is 10.9 Å². The molecule has 3 rings (SSSR count). The van der Waals surface area contributed by atoms with Crippen LogP contribution in [0, 0.1) is 11.6 Å². The first-order chi connectivity index (χ1) is 11.6. The number of benzene rings is 2. The minimum atomic E-state index is -0.426. The summed E-state index contributed by atoms with van der Waals surface area (Å²) in [6.07, 6.45) is 0. The van der Waals surface area contributed by atoms with Gasteiger partial charge >= 0.3 is 0 Å². The second-order valence-corrected chi connectivity index (χ2v) is 5.89. The number of rotatable bonds is 5. The number of aromatic nitrogens is 3. The summed E-state index contributed by atoms with van der Waals surface area (Å²) in [5.41, 5.74) is 1.29. The van der Waals surface area contributed by atoms with Gasteiger partial charge in [-0.15, -0.1) is 10.2 Å². The van der Waals surface area contributed by atoms with E-state index in [1.54, 1.807) is 24.3 Å². The Morgan fingerprint density at radius 3 is 2.71 bits per heavy atom. The highest BCUT2D eigenvalue weighted by Crippen LogP contribution is 2.26. The Labute approximate surface area is 141 Å². The van der Waals surface area contributed by atoms with Crippen LogP contribution >= 0.6 is 11.8 Å². The molecular formula is C16H14F2N4OS. The summed E-state index contributed by atoms with van der Waals surface area (Å²) in [4.78, 5) is 0. The van der Waals surface area contributed by atoms with E-state index in [9.17, 15) is 8.78 Å². The number of thioether (sulfide) groups is 1. The van der Waals surface area contributed by atoms with Gasteiger partial charge in [-0.3, -0.25) is 0 Å². The molecule has 1 heterocycles. The van der Waals surface area contributed by atoms with Crippen LogP contribution in [0.5, 0.6) is 5.75 Å². The molecule has 0 unspecified atom stereocenters. The summed E-state index contributed by atoms with van der Waals surface area (Å²) in [6, 6.07) is 10.7. The van der Waals surface area contributed by atoms with Crippen LogP contribution in [0.3, 0.4) is 0 Å². The first-order valence-electron chi connectivity index (χ1n) is 7.00. The number of hydrogen-bond acceptors (Lipinski definition) is 5. The van der Waals surface area contributed by atoms with E-state index in [1.807, 2.05) is 0 Å². The highest BCUT2D eigenvalue weighted by molar-refractivity contribution is 7.98. The number of halogens is 2. The third kappa shape index (κ3) is 3.33. The number of nitrogens with zero attached hydrogens (tertiary/aromatic N) is 3. The molecule has 0 aliphatic heterocycles. The molecule has 24 heavy (non-hydrogen) atoms. The van der Waals surface area contributed by atoms with E-state index in [0.29, 0.717) is 22.3 Å². The third-order valence-electron chi connectivity index (χ3n) is 3.33. The van der Waals surface area contributed by atoms with Crippen molar-refractivity contribution in [2.75, 3.05) is 13.0 Å². The molecule has 8 heteroatoms. The monoisotopic (exact) mass is 348 g/mol. The zero-order valence-electron chi connectivity index (χ0n) is 12.7. The SMILES string of the molecule is COc1ccc(CSc2nnc(-c3cccc(F)c3)n2N)cc1F. The predicted molar refractivity (Wildman–Crippen MR) is 88.1 cm³/mol. The van der Waals surface area contributed by atoms with E-state index < -0.39 is 5.82 Å². The van der Waals surface area contributed by atoms with E-state index >= 15 is 0 Å². The van der Waals surface area contributed by atoms with Crippen LogP contribution in [0.4, 0.5) is 8.78 Å². The van der Waals surface area contributed by atoms with Crippen LogP contribution in [0.25, 0.3) is 11.4 Å². The molecule has 0 radical (unpaired) electrons. The van der Waals surface area contributed by atoms with E-state index in [4.69, 9.17) is 10.6 Å². The molecule has 2 aromatic carbocycles. The third-order valence-corrected chi connectivity index (χ3v) is 4.35. The van der Waals surface area contributed by atoms with Gasteiger partial charge in [-0.1, -0.05) is 30.0 Å². The summed E-state index contributed by atoms with van der Waals surface area (Å²) >= 11 is 1.31. The average Bonchev–Trinajstić information content (AvgIpc) is 2.94. The lowest BCUT2D eigenvalue weighted by atomic mass is 10.2. The fraction of sp³-hybridized carbons (Fsp3) is 0.125. The Hall–Kier alpha value is -2.61. The Bertz CT molecular complexity index is 869. The molecule has 0 spiro atoms. The number of nitrogen functional groups attached to an aromatic ring is 1. The first kappa shape index (κ1) is 16.3. The highest BCUT2D eigenvalue weighted by Gasteiger charge is 2.13. The van der Waals surface area contributed by atoms with Gasteiger partial charge in [0.25, 0.3) is 0 Å². The van der Waals surface area contributed by atoms with Crippen LogP contribution in [0.2, 0.25) is 0 Å². The minimum absolute atomic E-state index is 0.194. The van der Waals surface area contributed by atoms with E-state index in [1.165, 1.54) is 41.7 Å². The van der Waals surface area contributed by atoms with Gasteiger partial charge < -0.3 is 10.6 Å². The van der Waals surface area contributed by atoms with Gasteiger partial charge in [-0.25, -0.2) is 13.5 Å². The zero-order chi connectivity index (χ0) is 17.1. The minimum Gasteiger partial charge on any atom is -0.494 e. The Kier molecular flexibility index (Phi) is 4.66. The molecule has 0 saturated heterocycles. The van der Waals surface area contributed by atoms with Gasteiger partial charge in [0.2, 0.25) is 5.16 Å². The fourth-order valence-corrected chi connectivity index (χ4v) is 2.95. The maximum Gasteiger partial charge on any atom is 0.210 e. The second-order valence-electron chi connectivity index (χ2n) is 4.94. The molecule has 124 valence electrons. The summed E-state index contributed by atoms with van der Waals surface area (Å²) in [5, 5.41) is 8.44. The molecule has 0 amide bonds. The zero-order valence-corrected chi connectivity index (χ0v) is 13.6. The van der Waals surface area contributed by atoms with Gasteiger partial charge in [0.1, 0.15) is 5.82 Å². The van der Waals surface area contributed by atoms with Gasteiger partial charge in [-0.05, 0) is 29.8 Å². The van der Waals surface area contributed by atoms with Gasteiger partial charge in [0.15, 0.2) is 17.4 Å². The van der Waals surface area contributed by atoms with Crippen LogP contribution in [0.1, 0.15) is 5.56 Å². The number of nitrogens with two attached hydrogens (primary N) is 1. The predicted octanol–water partition coefficient (Wildman–Crippen LogP) is 3.24. The molecule has 1 aromatic heterocycles. The normalized spacial score (nSPS) is 10.8. The molecule has 0 aliphatic carbocycles. The lowest BCUT2D eigenvalue weighted by molar-refractivity contribution is 0.386. The summed E-state index contributed by atoms with van der Waals surface area (Å²) in [7, 11) is 1.41. The largest absolute Gasteiger partial charge is 0.494 e. The maximum atomic E-state index is 13.7. The van der Waals surface area contributed by atoms with Crippen molar-refractivity contribution < 1.29 is 13.5 Å². The summed E-state index contributed by atoms with van der Waals surface area (Å²) < 4.78 is 33.2. The molecule has 0 aliphatic rings. The van der Waals surface area contributed by atoms with Gasteiger partial charge in [0, 0.05) is 11.3 Å². The standard InChI is InChI=1S/C16H14F2N4OS/c1-23-14-6-5-10(7-13(14)18)9-24-16-21-20-15(22(16)19)11-3-2-4-12(17)8-11/h2-8H,9,19H2,1H3. The molecule has 0 saturated carbocycles. The molecular weight excluding hydrogens is 334 g/mol. The molecule has 0 atom stereocenters. The van der Waals surface area contributed by atoms with E-state index in [2.05, 4.69) is 10.2 Å². The molecule has 3 aromatic rings. The summed E-state index contributed by atoms with van der Waals surface area (Å²) in [6.45, 7) is 0. The van der Waals surface area contributed by atoms with Gasteiger partial charge in [0.05, 0.1) is 7.11 Å².